The second kappa shape index (κ2) is 11.6. The third-order valence-corrected chi connectivity index (χ3v) is 4.33. The SMILES string of the molecule is CCCCCCCCNc1ccc(NCCc2ccccc2)cc1. The quantitative estimate of drug-likeness (QED) is 0.460. The summed E-state index contributed by atoms with van der Waals surface area (Å²) >= 11 is 0. The molecule has 0 radical (unpaired) electrons. The standard InChI is InChI=1S/C22H32N2/c1-2-3-4-5-6-10-18-23-21-13-15-22(16-14-21)24-19-17-20-11-8-7-9-12-20/h7-9,11-16,23-24H,2-6,10,17-19H2,1H3. The van der Waals surface area contributed by atoms with Crippen molar-refractivity contribution in [3.63, 3.8) is 0 Å². The molecular weight excluding hydrogens is 292 g/mol. The van der Waals surface area contributed by atoms with E-state index in [0.717, 1.165) is 19.5 Å². The molecule has 0 atom stereocenters. The number of rotatable bonds is 12. The van der Waals surface area contributed by atoms with Gasteiger partial charge in [-0.2, -0.15) is 0 Å². The highest BCUT2D eigenvalue weighted by molar-refractivity contribution is 5.53. The molecule has 0 saturated heterocycles. The van der Waals surface area contributed by atoms with E-state index in [4.69, 9.17) is 0 Å². The highest BCUT2D eigenvalue weighted by Crippen LogP contribution is 2.14. The van der Waals surface area contributed by atoms with Crippen molar-refractivity contribution in [2.24, 2.45) is 0 Å². The monoisotopic (exact) mass is 324 g/mol. The minimum atomic E-state index is 0.967. The first kappa shape index (κ1) is 18.4. The summed E-state index contributed by atoms with van der Waals surface area (Å²) in [5.74, 6) is 0. The Kier molecular flexibility index (Phi) is 8.85. The summed E-state index contributed by atoms with van der Waals surface area (Å²) in [4.78, 5) is 0. The van der Waals surface area contributed by atoms with Crippen molar-refractivity contribution < 1.29 is 0 Å². The molecule has 0 bridgehead atoms. The van der Waals surface area contributed by atoms with E-state index in [0.29, 0.717) is 0 Å². The highest BCUT2D eigenvalue weighted by Gasteiger charge is 1.96. The predicted octanol–water partition coefficient (Wildman–Crippen LogP) is 6.11. The summed E-state index contributed by atoms with van der Waals surface area (Å²) in [6, 6.07) is 19.3. The third-order valence-electron chi connectivity index (χ3n) is 4.33. The average Bonchev–Trinajstić information content (AvgIpc) is 2.63. The molecule has 0 saturated carbocycles. The lowest BCUT2D eigenvalue weighted by molar-refractivity contribution is 0.617. The maximum atomic E-state index is 3.52. The van der Waals surface area contributed by atoms with Gasteiger partial charge in [-0.15, -0.1) is 0 Å². The van der Waals surface area contributed by atoms with Gasteiger partial charge in [0.1, 0.15) is 0 Å². The zero-order valence-corrected chi connectivity index (χ0v) is 15.1. The molecule has 0 amide bonds. The zero-order chi connectivity index (χ0) is 16.9. The second-order valence-electron chi connectivity index (χ2n) is 6.43. The van der Waals surface area contributed by atoms with Gasteiger partial charge in [0.15, 0.2) is 0 Å². The van der Waals surface area contributed by atoms with Gasteiger partial charge in [-0.1, -0.05) is 69.4 Å². The van der Waals surface area contributed by atoms with Crippen molar-refractivity contribution in [3.8, 4) is 0 Å². The van der Waals surface area contributed by atoms with Gasteiger partial charge in [-0.05, 0) is 42.7 Å². The van der Waals surface area contributed by atoms with E-state index >= 15 is 0 Å². The lowest BCUT2D eigenvalue weighted by Crippen LogP contribution is -2.05. The summed E-state index contributed by atoms with van der Waals surface area (Å²) < 4.78 is 0. The van der Waals surface area contributed by atoms with Crippen molar-refractivity contribution in [2.75, 3.05) is 23.7 Å². The molecule has 2 rings (SSSR count). The lowest BCUT2D eigenvalue weighted by atomic mass is 10.1. The summed E-state index contributed by atoms with van der Waals surface area (Å²) in [6.45, 7) is 4.31. The summed E-state index contributed by atoms with van der Waals surface area (Å²) in [7, 11) is 0. The maximum absolute atomic E-state index is 3.52. The molecule has 2 aromatic carbocycles. The van der Waals surface area contributed by atoms with E-state index < -0.39 is 0 Å². The van der Waals surface area contributed by atoms with E-state index in [2.05, 4.69) is 72.2 Å². The normalized spacial score (nSPS) is 10.5. The fourth-order valence-electron chi connectivity index (χ4n) is 2.84. The van der Waals surface area contributed by atoms with Crippen LogP contribution in [0.5, 0.6) is 0 Å². The van der Waals surface area contributed by atoms with Gasteiger partial charge in [0.2, 0.25) is 0 Å². The van der Waals surface area contributed by atoms with Crippen LogP contribution in [0.3, 0.4) is 0 Å². The van der Waals surface area contributed by atoms with E-state index in [1.807, 2.05) is 0 Å². The van der Waals surface area contributed by atoms with Crippen LogP contribution in [0.25, 0.3) is 0 Å². The Hall–Kier alpha value is -1.96. The first-order valence-corrected chi connectivity index (χ1v) is 9.50. The van der Waals surface area contributed by atoms with Crippen LogP contribution in [-0.4, -0.2) is 13.1 Å². The Balaban J connectivity index is 1.58. The zero-order valence-electron chi connectivity index (χ0n) is 15.1. The van der Waals surface area contributed by atoms with E-state index in [9.17, 15) is 0 Å². The van der Waals surface area contributed by atoms with Crippen LogP contribution in [-0.2, 0) is 6.42 Å². The molecule has 0 aliphatic heterocycles. The number of hydrogen-bond acceptors (Lipinski definition) is 2. The number of anilines is 2. The predicted molar refractivity (Wildman–Crippen MR) is 107 cm³/mol. The Morgan fingerprint density at radius 3 is 1.88 bits per heavy atom. The molecule has 0 aliphatic carbocycles. The van der Waals surface area contributed by atoms with Crippen LogP contribution >= 0.6 is 0 Å². The first-order chi connectivity index (χ1) is 11.9. The molecule has 0 spiro atoms. The smallest absolute Gasteiger partial charge is 0.0341 e. The van der Waals surface area contributed by atoms with Crippen molar-refractivity contribution in [1.82, 2.24) is 0 Å². The van der Waals surface area contributed by atoms with E-state index in [1.54, 1.807) is 0 Å². The van der Waals surface area contributed by atoms with Crippen LogP contribution in [0.2, 0.25) is 0 Å². The van der Waals surface area contributed by atoms with Gasteiger partial charge < -0.3 is 10.6 Å². The molecule has 2 heteroatoms. The van der Waals surface area contributed by atoms with E-state index in [-0.39, 0.29) is 0 Å². The Morgan fingerprint density at radius 1 is 0.625 bits per heavy atom. The van der Waals surface area contributed by atoms with Crippen molar-refractivity contribution in [2.45, 2.75) is 51.9 Å². The van der Waals surface area contributed by atoms with Crippen molar-refractivity contribution in [3.05, 3.63) is 60.2 Å². The average molecular weight is 325 g/mol. The minimum absolute atomic E-state index is 0.967. The fraction of sp³-hybridized carbons (Fsp3) is 0.455. The number of benzene rings is 2. The molecule has 0 heterocycles. The molecule has 0 aliphatic rings. The Bertz CT molecular complexity index is 534. The molecule has 0 aromatic heterocycles. The molecule has 130 valence electrons. The minimum Gasteiger partial charge on any atom is -0.385 e. The molecule has 24 heavy (non-hydrogen) atoms. The largest absolute Gasteiger partial charge is 0.385 e. The van der Waals surface area contributed by atoms with Crippen LogP contribution in [0, 0.1) is 0 Å². The summed E-state index contributed by atoms with van der Waals surface area (Å²) in [5.41, 5.74) is 3.79. The fourth-order valence-corrected chi connectivity index (χ4v) is 2.84. The number of nitrogens with one attached hydrogen (secondary N) is 2. The molecular formula is C22H32N2. The van der Waals surface area contributed by atoms with E-state index in [1.165, 1.54) is 55.5 Å². The van der Waals surface area contributed by atoms with Crippen molar-refractivity contribution in [1.29, 1.82) is 0 Å². The van der Waals surface area contributed by atoms with Crippen LogP contribution in [0.4, 0.5) is 11.4 Å². The molecule has 2 nitrogen and oxygen atoms in total. The van der Waals surface area contributed by atoms with Gasteiger partial charge in [0.05, 0.1) is 0 Å². The lowest BCUT2D eigenvalue weighted by Gasteiger charge is -2.09. The Morgan fingerprint density at radius 2 is 1.21 bits per heavy atom. The van der Waals surface area contributed by atoms with Crippen LogP contribution < -0.4 is 10.6 Å². The van der Waals surface area contributed by atoms with Crippen molar-refractivity contribution >= 4 is 11.4 Å². The number of hydrogen-bond donors (Lipinski definition) is 2. The van der Waals surface area contributed by atoms with Gasteiger partial charge in [-0.3, -0.25) is 0 Å². The highest BCUT2D eigenvalue weighted by atomic mass is 14.9. The van der Waals surface area contributed by atoms with Crippen LogP contribution in [0.15, 0.2) is 54.6 Å². The van der Waals surface area contributed by atoms with Crippen LogP contribution in [0.1, 0.15) is 51.0 Å². The van der Waals surface area contributed by atoms with Gasteiger partial charge >= 0.3 is 0 Å². The number of unbranched alkanes of at least 4 members (excludes halogenated alkanes) is 5. The second-order valence-corrected chi connectivity index (χ2v) is 6.43. The molecule has 0 unspecified atom stereocenters. The third kappa shape index (κ3) is 7.54. The topological polar surface area (TPSA) is 24.1 Å². The molecule has 2 aromatic rings. The Labute approximate surface area is 147 Å². The summed E-state index contributed by atoms with van der Waals surface area (Å²) in [5, 5.41) is 7.01. The summed E-state index contributed by atoms with van der Waals surface area (Å²) in [6.07, 6.45) is 9.13. The van der Waals surface area contributed by atoms with Gasteiger partial charge in [-0.25, -0.2) is 0 Å². The van der Waals surface area contributed by atoms with Gasteiger partial charge in [0.25, 0.3) is 0 Å². The molecule has 0 fully saturated rings. The molecule has 2 N–H and O–H groups in total. The first-order valence-electron chi connectivity index (χ1n) is 9.50. The maximum Gasteiger partial charge on any atom is 0.0341 e. The van der Waals surface area contributed by atoms with Gasteiger partial charge in [0, 0.05) is 24.5 Å².